The van der Waals surface area contributed by atoms with Gasteiger partial charge in [0.15, 0.2) is 0 Å². The molecule has 3 atom stereocenters. The Morgan fingerprint density at radius 1 is 0.582 bits per heavy atom. The van der Waals surface area contributed by atoms with E-state index < -0.39 is 96.5 Å². The lowest BCUT2D eigenvalue weighted by atomic mass is 10.1. The van der Waals surface area contributed by atoms with E-state index in [0.29, 0.717) is 25.7 Å². The highest BCUT2D eigenvalue weighted by Crippen LogP contribution is 2.10. The lowest BCUT2D eigenvalue weighted by Crippen LogP contribution is -2.55. The van der Waals surface area contributed by atoms with Crippen LogP contribution in [-0.2, 0) is 52.5 Å². The van der Waals surface area contributed by atoms with E-state index >= 15 is 0 Å². The van der Waals surface area contributed by atoms with Gasteiger partial charge in [0.1, 0.15) is 42.5 Å². The fourth-order valence-electron chi connectivity index (χ4n) is 4.56. The van der Waals surface area contributed by atoms with Crippen molar-refractivity contribution in [2.75, 3.05) is 32.9 Å². The van der Waals surface area contributed by atoms with Crippen LogP contribution in [0.15, 0.2) is 0 Å². The maximum atomic E-state index is 13.5. The number of ether oxygens (including phenoxy) is 4. The van der Waals surface area contributed by atoms with Gasteiger partial charge in [-0.2, -0.15) is 0 Å². The molecule has 0 radical (unpaired) electrons. The normalized spacial score (nSPS) is 12.9. The molecule has 0 aromatic rings. The van der Waals surface area contributed by atoms with Crippen LogP contribution >= 0.6 is 0 Å². The molecule has 55 heavy (non-hydrogen) atoms. The SMILES string of the molecule is CCCCOC(=O)CCC(NC(=O)CCC(NC(=O)C(CCCCNC(=O)OC(C)(C)C)NC(=O)CO)C(=O)NCC(=O)OC(C)(C)C)C(=O)OCCCC. The lowest BCUT2D eigenvalue weighted by molar-refractivity contribution is -0.154. The first-order valence-corrected chi connectivity index (χ1v) is 19.0. The molecular weight excluding hydrogens is 722 g/mol. The lowest BCUT2D eigenvalue weighted by Gasteiger charge is -2.24. The fraction of sp³-hybridized carbons (Fsp3) is 0.784. The van der Waals surface area contributed by atoms with E-state index in [1.54, 1.807) is 41.5 Å². The van der Waals surface area contributed by atoms with Gasteiger partial charge in [0.2, 0.25) is 23.6 Å². The predicted octanol–water partition coefficient (Wildman–Crippen LogP) is 1.83. The Labute approximate surface area is 324 Å². The van der Waals surface area contributed by atoms with E-state index in [1.165, 1.54) is 0 Å². The Bertz CT molecular complexity index is 1250. The minimum Gasteiger partial charge on any atom is -0.466 e. The van der Waals surface area contributed by atoms with E-state index in [0.717, 1.165) is 12.8 Å². The molecular formula is C37H65N5O13. The Kier molecular flexibility index (Phi) is 24.9. The number of unbranched alkanes of at least 4 members (excludes halogenated alkanes) is 3. The highest BCUT2D eigenvalue weighted by Gasteiger charge is 2.29. The Morgan fingerprint density at radius 3 is 1.73 bits per heavy atom. The van der Waals surface area contributed by atoms with Gasteiger partial charge in [-0.15, -0.1) is 0 Å². The van der Waals surface area contributed by atoms with Crippen LogP contribution in [0.4, 0.5) is 4.79 Å². The van der Waals surface area contributed by atoms with Crippen LogP contribution in [0.25, 0.3) is 0 Å². The van der Waals surface area contributed by atoms with E-state index in [9.17, 15) is 43.5 Å². The number of esters is 3. The van der Waals surface area contributed by atoms with Crippen LogP contribution in [0, 0.1) is 0 Å². The van der Waals surface area contributed by atoms with Crippen molar-refractivity contribution in [1.29, 1.82) is 0 Å². The molecule has 18 nitrogen and oxygen atoms in total. The van der Waals surface area contributed by atoms with Crippen molar-refractivity contribution in [2.45, 2.75) is 155 Å². The second-order valence-corrected chi connectivity index (χ2v) is 14.9. The van der Waals surface area contributed by atoms with Gasteiger partial charge < -0.3 is 50.6 Å². The zero-order chi connectivity index (χ0) is 42.0. The molecule has 18 heteroatoms. The van der Waals surface area contributed by atoms with Crippen molar-refractivity contribution >= 4 is 47.6 Å². The third-order valence-corrected chi connectivity index (χ3v) is 7.26. The third kappa shape index (κ3) is 26.9. The van der Waals surface area contributed by atoms with Gasteiger partial charge in [0.05, 0.1) is 13.2 Å². The first kappa shape index (κ1) is 50.5. The molecule has 0 heterocycles. The summed E-state index contributed by atoms with van der Waals surface area (Å²) in [6, 6.07) is -3.83. The van der Waals surface area contributed by atoms with Crippen LogP contribution in [-0.4, -0.2) is 115 Å². The van der Waals surface area contributed by atoms with Crippen molar-refractivity contribution in [3.8, 4) is 0 Å². The number of carbonyl (C=O) groups is 8. The Hall–Kier alpha value is -4.48. The van der Waals surface area contributed by atoms with Gasteiger partial charge in [-0.05, 0) is 86.5 Å². The number of aliphatic hydroxyl groups excluding tert-OH is 1. The summed E-state index contributed by atoms with van der Waals surface area (Å²) in [6.45, 7) is 13.0. The molecule has 0 aliphatic rings. The molecule has 0 rings (SSSR count). The van der Waals surface area contributed by atoms with Crippen LogP contribution < -0.4 is 26.6 Å². The maximum Gasteiger partial charge on any atom is 0.407 e. The number of carbonyl (C=O) groups excluding carboxylic acids is 8. The van der Waals surface area contributed by atoms with Gasteiger partial charge in [0, 0.05) is 19.4 Å². The Morgan fingerprint density at radius 2 is 1.15 bits per heavy atom. The van der Waals surface area contributed by atoms with Crippen LogP contribution in [0.3, 0.4) is 0 Å². The van der Waals surface area contributed by atoms with E-state index in [1.807, 2.05) is 13.8 Å². The molecule has 0 aromatic heterocycles. The minimum absolute atomic E-state index is 0.0447. The van der Waals surface area contributed by atoms with Gasteiger partial charge >= 0.3 is 24.0 Å². The van der Waals surface area contributed by atoms with E-state index in [2.05, 4.69) is 26.6 Å². The third-order valence-electron chi connectivity index (χ3n) is 7.26. The summed E-state index contributed by atoms with van der Waals surface area (Å²) in [4.78, 5) is 101. The first-order chi connectivity index (χ1) is 25.7. The minimum atomic E-state index is -1.41. The summed E-state index contributed by atoms with van der Waals surface area (Å²) in [5.41, 5.74) is -1.53. The van der Waals surface area contributed by atoms with Crippen LogP contribution in [0.2, 0.25) is 0 Å². The highest BCUT2D eigenvalue weighted by atomic mass is 16.6. The molecule has 3 unspecified atom stereocenters. The summed E-state index contributed by atoms with van der Waals surface area (Å²) >= 11 is 0. The average Bonchev–Trinajstić information content (AvgIpc) is 3.08. The second kappa shape index (κ2) is 27.2. The van der Waals surface area contributed by atoms with Crippen molar-refractivity contribution in [2.24, 2.45) is 0 Å². The Balaban J connectivity index is 5.86. The van der Waals surface area contributed by atoms with Crippen molar-refractivity contribution in [3.05, 3.63) is 0 Å². The number of rotatable bonds is 26. The van der Waals surface area contributed by atoms with Crippen molar-refractivity contribution < 1.29 is 62.4 Å². The summed E-state index contributed by atoms with van der Waals surface area (Å²) in [6.07, 6.45) is 2.01. The fourth-order valence-corrected chi connectivity index (χ4v) is 4.56. The van der Waals surface area contributed by atoms with E-state index in [-0.39, 0.29) is 45.4 Å². The molecule has 0 saturated carbocycles. The molecule has 316 valence electrons. The number of nitrogens with one attached hydrogen (secondary N) is 5. The van der Waals surface area contributed by atoms with Crippen molar-refractivity contribution in [3.63, 3.8) is 0 Å². The molecule has 0 saturated heterocycles. The monoisotopic (exact) mass is 787 g/mol. The van der Waals surface area contributed by atoms with Crippen molar-refractivity contribution in [1.82, 2.24) is 26.6 Å². The quantitative estimate of drug-likeness (QED) is 0.0416. The number of aliphatic hydroxyl groups is 1. The maximum absolute atomic E-state index is 13.5. The molecule has 0 aromatic carbocycles. The van der Waals surface area contributed by atoms with Gasteiger partial charge in [0.25, 0.3) is 0 Å². The topological polar surface area (TPSA) is 254 Å². The zero-order valence-corrected chi connectivity index (χ0v) is 33.9. The van der Waals surface area contributed by atoms with Gasteiger partial charge in [-0.25, -0.2) is 9.59 Å². The summed E-state index contributed by atoms with van der Waals surface area (Å²) in [7, 11) is 0. The van der Waals surface area contributed by atoms with Gasteiger partial charge in [-0.1, -0.05) is 26.7 Å². The number of amides is 5. The summed E-state index contributed by atoms with van der Waals surface area (Å²) in [5, 5.41) is 21.7. The predicted molar refractivity (Wildman–Crippen MR) is 200 cm³/mol. The van der Waals surface area contributed by atoms with E-state index in [4.69, 9.17) is 18.9 Å². The summed E-state index contributed by atoms with van der Waals surface area (Å²) in [5.74, 6) is -5.26. The average molecular weight is 788 g/mol. The molecule has 0 aliphatic heterocycles. The molecule has 6 N–H and O–H groups in total. The standard InChI is InChI=1S/C37H65N5O13/c1-9-11-21-52-30(46)19-17-27(34(50)53-22-12-10-2)41-28(44)18-16-26(32(48)39-23-31(47)54-36(3,4)5)42-33(49)25(40-29(45)24-43)15-13-14-20-38-35(51)55-37(6,7)8/h25-27,43H,9-24H2,1-8H3,(H,38,51)(H,39,48)(H,40,45)(H,41,44)(H,42,49). The zero-order valence-electron chi connectivity index (χ0n) is 33.9. The number of hydrogen-bond donors (Lipinski definition) is 6. The smallest absolute Gasteiger partial charge is 0.407 e. The van der Waals surface area contributed by atoms with Gasteiger partial charge in [-0.3, -0.25) is 28.8 Å². The molecule has 0 fully saturated rings. The number of alkyl carbamates (subject to hydrolysis) is 1. The largest absolute Gasteiger partial charge is 0.466 e. The number of hydrogen-bond acceptors (Lipinski definition) is 13. The van der Waals surface area contributed by atoms with Crippen LogP contribution in [0.1, 0.15) is 126 Å². The molecule has 0 bridgehead atoms. The van der Waals surface area contributed by atoms with Crippen LogP contribution in [0.5, 0.6) is 0 Å². The summed E-state index contributed by atoms with van der Waals surface area (Å²) < 4.78 is 20.8. The molecule has 5 amide bonds. The second-order valence-electron chi connectivity index (χ2n) is 14.9. The molecule has 0 spiro atoms. The molecule has 0 aliphatic carbocycles. The highest BCUT2D eigenvalue weighted by molar-refractivity contribution is 5.93. The first-order valence-electron chi connectivity index (χ1n) is 19.0.